The van der Waals surface area contributed by atoms with E-state index < -0.39 is 17.7 Å². The first-order valence-electron chi connectivity index (χ1n) is 13.2. The third-order valence-corrected chi connectivity index (χ3v) is 6.89. The molecule has 1 aliphatic heterocycles. The number of carbonyl (C=O) groups excluding carboxylic acids is 2. The molecule has 3 aromatic carbocycles. The van der Waals surface area contributed by atoms with Crippen molar-refractivity contribution in [3.63, 3.8) is 0 Å². The molecule has 4 rings (SSSR count). The number of amides is 1. The van der Waals surface area contributed by atoms with Crippen LogP contribution in [0.15, 0.2) is 78.4 Å². The first kappa shape index (κ1) is 27.8. The zero-order valence-corrected chi connectivity index (χ0v) is 22.7. The summed E-state index contributed by atoms with van der Waals surface area (Å²) in [6, 6.07) is 21.0. The summed E-state index contributed by atoms with van der Waals surface area (Å²) in [7, 11) is 3.17. The first-order valence-corrected chi connectivity index (χ1v) is 13.2. The molecule has 0 saturated carbocycles. The predicted molar refractivity (Wildman–Crippen MR) is 150 cm³/mol. The van der Waals surface area contributed by atoms with Crippen LogP contribution in [-0.4, -0.2) is 49.1 Å². The lowest BCUT2D eigenvalue weighted by Crippen LogP contribution is -2.31. The van der Waals surface area contributed by atoms with Gasteiger partial charge < -0.3 is 24.2 Å². The van der Waals surface area contributed by atoms with Gasteiger partial charge in [-0.05, 0) is 72.5 Å². The maximum absolute atomic E-state index is 13.4. The van der Waals surface area contributed by atoms with Gasteiger partial charge in [0.1, 0.15) is 23.0 Å². The molecule has 1 fully saturated rings. The number of unbranched alkanes of at least 4 members (excludes halogenated alkanes) is 2. The second-order valence-electron chi connectivity index (χ2n) is 9.45. The monoisotopic (exact) mass is 529 g/mol. The average molecular weight is 530 g/mol. The van der Waals surface area contributed by atoms with Crippen molar-refractivity contribution in [2.45, 2.75) is 38.6 Å². The molecule has 1 amide bonds. The van der Waals surface area contributed by atoms with E-state index >= 15 is 0 Å². The molecule has 1 unspecified atom stereocenters. The molecule has 1 N–H and O–H groups in total. The Labute approximate surface area is 229 Å². The number of rotatable bonds is 12. The number of ketones is 1. The van der Waals surface area contributed by atoms with E-state index in [1.807, 2.05) is 36.4 Å². The smallest absolute Gasteiger partial charge is 0.295 e. The van der Waals surface area contributed by atoms with E-state index in [0.29, 0.717) is 42.2 Å². The summed E-state index contributed by atoms with van der Waals surface area (Å²) >= 11 is 0. The Balaban J connectivity index is 1.66. The Hall–Kier alpha value is -4.26. The molecular formula is C32H35NO6. The molecule has 1 atom stereocenters. The fourth-order valence-electron chi connectivity index (χ4n) is 4.72. The highest BCUT2D eigenvalue weighted by Gasteiger charge is 2.46. The van der Waals surface area contributed by atoms with Gasteiger partial charge in [0, 0.05) is 12.1 Å². The molecule has 3 aromatic rings. The Morgan fingerprint density at radius 2 is 1.56 bits per heavy atom. The number of hydrogen-bond donors (Lipinski definition) is 1. The van der Waals surface area contributed by atoms with Crippen LogP contribution in [0.25, 0.3) is 5.76 Å². The van der Waals surface area contributed by atoms with Gasteiger partial charge in [-0.25, -0.2) is 0 Å². The van der Waals surface area contributed by atoms with Gasteiger partial charge in [-0.3, -0.25) is 9.59 Å². The number of aliphatic hydroxyl groups is 1. The number of benzene rings is 3. The van der Waals surface area contributed by atoms with Crippen molar-refractivity contribution in [1.82, 2.24) is 4.90 Å². The van der Waals surface area contributed by atoms with Crippen molar-refractivity contribution in [1.29, 1.82) is 0 Å². The molecule has 1 saturated heterocycles. The fraction of sp³-hybridized carbons (Fsp3) is 0.312. The molecule has 39 heavy (non-hydrogen) atoms. The Bertz CT molecular complexity index is 1310. The lowest BCUT2D eigenvalue weighted by molar-refractivity contribution is -0.139. The van der Waals surface area contributed by atoms with Crippen LogP contribution in [0.4, 0.5) is 0 Å². The lowest BCUT2D eigenvalue weighted by atomic mass is 9.95. The van der Waals surface area contributed by atoms with Crippen LogP contribution in [0.1, 0.15) is 48.9 Å². The van der Waals surface area contributed by atoms with Crippen LogP contribution >= 0.6 is 0 Å². The van der Waals surface area contributed by atoms with E-state index in [0.717, 1.165) is 30.6 Å². The van der Waals surface area contributed by atoms with Crippen molar-refractivity contribution >= 4 is 17.4 Å². The number of ether oxygens (including phenoxy) is 3. The van der Waals surface area contributed by atoms with E-state index in [-0.39, 0.29) is 11.3 Å². The summed E-state index contributed by atoms with van der Waals surface area (Å²) in [5.41, 5.74) is 2.17. The molecule has 0 aliphatic carbocycles. The molecule has 0 spiro atoms. The lowest BCUT2D eigenvalue weighted by Gasteiger charge is -2.25. The van der Waals surface area contributed by atoms with Gasteiger partial charge in [0.15, 0.2) is 0 Å². The van der Waals surface area contributed by atoms with Crippen LogP contribution in [0.2, 0.25) is 0 Å². The van der Waals surface area contributed by atoms with Crippen molar-refractivity contribution in [2.24, 2.45) is 0 Å². The van der Waals surface area contributed by atoms with E-state index in [4.69, 9.17) is 14.2 Å². The summed E-state index contributed by atoms with van der Waals surface area (Å²) in [5, 5.41) is 11.4. The quantitative estimate of drug-likeness (QED) is 0.135. The SMILES string of the molecule is CCCCCOc1ccc(/C(O)=C2/C(=O)C(=O)N(CCc3ccc(OC)cc3)C2c2cccc(OC)c2)cc1. The number of Topliss-reactive ketones (excluding diaryl/α,β-unsaturated/α-hetero) is 1. The largest absolute Gasteiger partial charge is 0.507 e. The Kier molecular flexibility index (Phi) is 9.26. The molecular weight excluding hydrogens is 494 g/mol. The van der Waals surface area contributed by atoms with Gasteiger partial charge >= 0.3 is 0 Å². The Morgan fingerprint density at radius 3 is 2.23 bits per heavy atom. The highest BCUT2D eigenvalue weighted by atomic mass is 16.5. The standard InChI is InChI=1S/C32H35NO6/c1-4-5-6-20-39-26-16-12-23(13-17-26)30(34)28-29(24-8-7-9-27(21-24)38-3)33(32(36)31(28)35)19-18-22-10-14-25(37-2)15-11-22/h7-17,21,29,34H,4-6,18-20H2,1-3H3/b30-28-. The van der Waals surface area contributed by atoms with E-state index in [1.165, 1.54) is 4.90 Å². The van der Waals surface area contributed by atoms with Crippen molar-refractivity contribution < 1.29 is 28.9 Å². The molecule has 0 bridgehead atoms. The first-order chi connectivity index (χ1) is 19.0. The molecule has 0 aromatic heterocycles. The maximum Gasteiger partial charge on any atom is 0.295 e. The minimum absolute atomic E-state index is 0.0552. The van der Waals surface area contributed by atoms with Gasteiger partial charge in [0.2, 0.25) is 0 Å². The number of carbonyl (C=O) groups is 2. The molecule has 1 aliphatic rings. The molecule has 0 radical (unpaired) electrons. The minimum atomic E-state index is -0.761. The highest BCUT2D eigenvalue weighted by Crippen LogP contribution is 2.40. The van der Waals surface area contributed by atoms with E-state index in [2.05, 4.69) is 6.92 Å². The summed E-state index contributed by atoms with van der Waals surface area (Å²) in [6.45, 7) is 3.05. The summed E-state index contributed by atoms with van der Waals surface area (Å²) in [6.07, 6.45) is 3.71. The number of hydrogen-bond acceptors (Lipinski definition) is 6. The second-order valence-corrected chi connectivity index (χ2v) is 9.45. The fourth-order valence-corrected chi connectivity index (χ4v) is 4.72. The van der Waals surface area contributed by atoms with Gasteiger partial charge in [-0.15, -0.1) is 0 Å². The van der Waals surface area contributed by atoms with Crippen LogP contribution in [-0.2, 0) is 16.0 Å². The zero-order valence-electron chi connectivity index (χ0n) is 22.7. The highest BCUT2D eigenvalue weighted by molar-refractivity contribution is 6.46. The summed E-state index contributed by atoms with van der Waals surface area (Å²) in [5.74, 6) is 0.451. The summed E-state index contributed by atoms with van der Waals surface area (Å²) in [4.78, 5) is 28.2. The molecule has 204 valence electrons. The number of likely N-dealkylation sites (tertiary alicyclic amines) is 1. The summed E-state index contributed by atoms with van der Waals surface area (Å²) < 4.78 is 16.4. The van der Waals surface area contributed by atoms with Gasteiger partial charge in [0.05, 0.1) is 32.4 Å². The predicted octanol–water partition coefficient (Wildman–Crippen LogP) is 5.94. The van der Waals surface area contributed by atoms with Crippen molar-refractivity contribution in [3.8, 4) is 17.2 Å². The van der Waals surface area contributed by atoms with Crippen LogP contribution < -0.4 is 14.2 Å². The van der Waals surface area contributed by atoms with Gasteiger partial charge in [-0.2, -0.15) is 0 Å². The van der Waals surface area contributed by atoms with Gasteiger partial charge in [-0.1, -0.05) is 44.0 Å². The van der Waals surface area contributed by atoms with E-state index in [9.17, 15) is 14.7 Å². The van der Waals surface area contributed by atoms with E-state index in [1.54, 1.807) is 50.6 Å². The van der Waals surface area contributed by atoms with Crippen LogP contribution in [0.3, 0.4) is 0 Å². The van der Waals surface area contributed by atoms with Gasteiger partial charge in [0.25, 0.3) is 11.7 Å². The molecule has 1 heterocycles. The normalized spacial score (nSPS) is 16.4. The average Bonchev–Trinajstić information content (AvgIpc) is 3.23. The maximum atomic E-state index is 13.4. The Morgan fingerprint density at radius 1 is 0.872 bits per heavy atom. The number of nitrogens with zero attached hydrogens (tertiary/aromatic N) is 1. The van der Waals surface area contributed by atoms with Crippen molar-refractivity contribution in [3.05, 3.63) is 95.1 Å². The topological polar surface area (TPSA) is 85.3 Å². The zero-order chi connectivity index (χ0) is 27.8. The van der Waals surface area contributed by atoms with Crippen molar-refractivity contribution in [2.75, 3.05) is 27.4 Å². The van der Waals surface area contributed by atoms with Crippen LogP contribution in [0, 0.1) is 0 Å². The number of aliphatic hydroxyl groups excluding tert-OH is 1. The minimum Gasteiger partial charge on any atom is -0.507 e. The molecule has 7 heteroatoms. The third kappa shape index (κ3) is 6.42. The van der Waals surface area contributed by atoms with Crippen LogP contribution in [0.5, 0.6) is 17.2 Å². The second kappa shape index (κ2) is 13.0. The number of methoxy groups -OCH3 is 2. The third-order valence-electron chi connectivity index (χ3n) is 6.89. The molecule has 7 nitrogen and oxygen atoms in total.